The largest absolute Gasteiger partial charge is 0.492 e. The van der Waals surface area contributed by atoms with E-state index in [-0.39, 0.29) is 5.97 Å². The van der Waals surface area contributed by atoms with Gasteiger partial charge in [0.15, 0.2) is 0 Å². The Morgan fingerprint density at radius 3 is 2.81 bits per heavy atom. The van der Waals surface area contributed by atoms with Crippen LogP contribution in [0.5, 0.6) is 5.75 Å². The SMILES string of the molecule is CCOC(=O)CCCCCOc1c(Cl)cccc1CCN. The lowest BCUT2D eigenvalue weighted by molar-refractivity contribution is -0.143. The minimum absolute atomic E-state index is 0.130. The molecular weight excluding hydrogens is 290 g/mol. The third kappa shape index (κ3) is 6.82. The zero-order valence-corrected chi connectivity index (χ0v) is 13.3. The highest BCUT2D eigenvalue weighted by Gasteiger charge is 2.08. The Morgan fingerprint density at radius 1 is 1.29 bits per heavy atom. The van der Waals surface area contributed by atoms with Gasteiger partial charge in [0.05, 0.1) is 18.2 Å². The molecule has 0 fully saturated rings. The number of unbranched alkanes of at least 4 members (excludes halogenated alkanes) is 2. The van der Waals surface area contributed by atoms with Crippen LogP contribution in [0.1, 0.15) is 38.2 Å². The highest BCUT2D eigenvalue weighted by atomic mass is 35.5. The number of hydrogen-bond acceptors (Lipinski definition) is 4. The topological polar surface area (TPSA) is 61.5 Å². The zero-order valence-electron chi connectivity index (χ0n) is 12.6. The average molecular weight is 314 g/mol. The number of hydrogen-bond donors (Lipinski definition) is 1. The van der Waals surface area contributed by atoms with Crippen molar-refractivity contribution in [2.45, 2.75) is 39.0 Å². The molecule has 5 heteroatoms. The van der Waals surface area contributed by atoms with Gasteiger partial charge in [-0.15, -0.1) is 0 Å². The monoisotopic (exact) mass is 313 g/mol. The Morgan fingerprint density at radius 2 is 2.10 bits per heavy atom. The molecule has 0 spiro atoms. The van der Waals surface area contributed by atoms with Gasteiger partial charge in [0, 0.05) is 6.42 Å². The second kappa shape index (κ2) is 10.5. The van der Waals surface area contributed by atoms with Gasteiger partial charge in [-0.1, -0.05) is 23.7 Å². The Balaban J connectivity index is 2.28. The first kappa shape index (κ1) is 17.8. The van der Waals surface area contributed by atoms with E-state index in [9.17, 15) is 4.79 Å². The van der Waals surface area contributed by atoms with E-state index in [4.69, 9.17) is 26.8 Å². The standard InChI is InChI=1S/C16H24ClNO3/c1-2-20-15(19)9-4-3-5-12-21-16-13(10-11-18)7-6-8-14(16)17/h6-8H,2-5,9-12,18H2,1H3. The van der Waals surface area contributed by atoms with Crippen molar-refractivity contribution in [3.8, 4) is 5.75 Å². The minimum Gasteiger partial charge on any atom is -0.492 e. The van der Waals surface area contributed by atoms with Crippen LogP contribution in [0, 0.1) is 0 Å². The molecule has 4 nitrogen and oxygen atoms in total. The van der Waals surface area contributed by atoms with Crippen LogP contribution in [0.4, 0.5) is 0 Å². The van der Waals surface area contributed by atoms with Gasteiger partial charge in [-0.3, -0.25) is 4.79 Å². The Labute approximate surface area is 131 Å². The molecule has 21 heavy (non-hydrogen) atoms. The summed E-state index contributed by atoms with van der Waals surface area (Å²) in [5.41, 5.74) is 6.62. The van der Waals surface area contributed by atoms with E-state index in [1.165, 1.54) is 0 Å². The summed E-state index contributed by atoms with van der Waals surface area (Å²) in [6.07, 6.45) is 3.85. The molecule has 0 aromatic heterocycles. The molecule has 0 atom stereocenters. The van der Waals surface area contributed by atoms with E-state index in [2.05, 4.69) is 0 Å². The van der Waals surface area contributed by atoms with Crippen molar-refractivity contribution < 1.29 is 14.3 Å². The number of nitrogens with two attached hydrogens (primary N) is 1. The van der Waals surface area contributed by atoms with Crippen molar-refractivity contribution in [3.05, 3.63) is 28.8 Å². The van der Waals surface area contributed by atoms with Gasteiger partial charge >= 0.3 is 5.97 Å². The number of esters is 1. The van der Waals surface area contributed by atoms with Gasteiger partial charge in [-0.05, 0) is 50.8 Å². The molecule has 0 aliphatic heterocycles. The lowest BCUT2D eigenvalue weighted by atomic mass is 10.1. The highest BCUT2D eigenvalue weighted by Crippen LogP contribution is 2.29. The van der Waals surface area contributed by atoms with Gasteiger partial charge in [0.25, 0.3) is 0 Å². The summed E-state index contributed by atoms with van der Waals surface area (Å²) in [4.78, 5) is 11.2. The summed E-state index contributed by atoms with van der Waals surface area (Å²) in [5.74, 6) is 0.602. The molecule has 0 aliphatic rings. The fourth-order valence-electron chi connectivity index (χ4n) is 2.02. The molecule has 0 saturated heterocycles. The number of carbonyl (C=O) groups is 1. The molecule has 0 aliphatic carbocycles. The van der Waals surface area contributed by atoms with Gasteiger partial charge in [0.2, 0.25) is 0 Å². The summed E-state index contributed by atoms with van der Waals surface area (Å²) in [6, 6.07) is 5.70. The normalized spacial score (nSPS) is 10.4. The van der Waals surface area contributed by atoms with Gasteiger partial charge in [0.1, 0.15) is 5.75 Å². The van der Waals surface area contributed by atoms with Gasteiger partial charge in [-0.2, -0.15) is 0 Å². The Kier molecular flexibility index (Phi) is 8.87. The molecule has 1 aromatic rings. The van der Waals surface area contributed by atoms with Gasteiger partial charge in [-0.25, -0.2) is 0 Å². The van der Waals surface area contributed by atoms with Crippen molar-refractivity contribution in [2.75, 3.05) is 19.8 Å². The third-order valence-electron chi connectivity index (χ3n) is 3.04. The number of rotatable bonds is 10. The van der Waals surface area contributed by atoms with Crippen LogP contribution in [0.3, 0.4) is 0 Å². The lowest BCUT2D eigenvalue weighted by Gasteiger charge is -2.12. The Bertz CT molecular complexity index is 438. The van der Waals surface area contributed by atoms with Crippen LogP contribution in [-0.2, 0) is 16.0 Å². The molecule has 0 unspecified atom stereocenters. The van der Waals surface area contributed by atoms with Crippen molar-refractivity contribution in [2.24, 2.45) is 5.73 Å². The molecule has 1 aromatic carbocycles. The predicted octanol–water partition coefficient (Wildman–Crippen LogP) is 3.34. The van der Waals surface area contributed by atoms with Crippen LogP contribution < -0.4 is 10.5 Å². The molecule has 0 radical (unpaired) electrons. The van der Waals surface area contributed by atoms with E-state index in [0.717, 1.165) is 37.0 Å². The highest BCUT2D eigenvalue weighted by molar-refractivity contribution is 6.32. The molecule has 2 N–H and O–H groups in total. The van der Waals surface area contributed by atoms with Crippen LogP contribution in [0.2, 0.25) is 5.02 Å². The molecule has 0 heterocycles. The van der Waals surface area contributed by atoms with E-state index in [1.807, 2.05) is 25.1 Å². The average Bonchev–Trinajstić information content (AvgIpc) is 2.45. The van der Waals surface area contributed by atoms with Crippen LogP contribution in [0.25, 0.3) is 0 Å². The summed E-state index contributed by atoms with van der Waals surface area (Å²) >= 11 is 6.15. The first-order valence-corrected chi connectivity index (χ1v) is 7.82. The number of halogens is 1. The molecule has 118 valence electrons. The second-order valence-corrected chi connectivity index (χ2v) is 5.14. The van der Waals surface area contributed by atoms with Gasteiger partial charge < -0.3 is 15.2 Å². The van der Waals surface area contributed by atoms with Crippen molar-refractivity contribution in [1.82, 2.24) is 0 Å². The van der Waals surface area contributed by atoms with Crippen molar-refractivity contribution in [1.29, 1.82) is 0 Å². The number of ether oxygens (including phenoxy) is 2. The number of benzene rings is 1. The summed E-state index contributed by atoms with van der Waals surface area (Å²) in [6.45, 7) is 3.41. The second-order valence-electron chi connectivity index (χ2n) is 4.73. The Hall–Kier alpha value is -1.26. The first-order valence-electron chi connectivity index (χ1n) is 7.45. The summed E-state index contributed by atoms with van der Waals surface area (Å²) < 4.78 is 10.6. The van der Waals surface area contributed by atoms with E-state index in [1.54, 1.807) is 0 Å². The van der Waals surface area contributed by atoms with E-state index < -0.39 is 0 Å². The number of para-hydroxylation sites is 1. The fourth-order valence-corrected chi connectivity index (χ4v) is 2.27. The predicted molar refractivity (Wildman–Crippen MR) is 84.8 cm³/mol. The van der Waals surface area contributed by atoms with E-state index in [0.29, 0.717) is 31.2 Å². The quantitative estimate of drug-likeness (QED) is 0.531. The maximum Gasteiger partial charge on any atom is 0.305 e. The third-order valence-corrected chi connectivity index (χ3v) is 3.34. The smallest absolute Gasteiger partial charge is 0.305 e. The molecule has 0 amide bonds. The molecular formula is C16H24ClNO3. The minimum atomic E-state index is -0.130. The maximum atomic E-state index is 11.2. The number of carbonyl (C=O) groups excluding carboxylic acids is 1. The fraction of sp³-hybridized carbons (Fsp3) is 0.562. The van der Waals surface area contributed by atoms with Crippen LogP contribution in [-0.4, -0.2) is 25.7 Å². The molecule has 0 saturated carbocycles. The van der Waals surface area contributed by atoms with Crippen molar-refractivity contribution >= 4 is 17.6 Å². The van der Waals surface area contributed by atoms with Crippen LogP contribution in [0.15, 0.2) is 18.2 Å². The van der Waals surface area contributed by atoms with Crippen LogP contribution >= 0.6 is 11.6 Å². The van der Waals surface area contributed by atoms with Crippen molar-refractivity contribution in [3.63, 3.8) is 0 Å². The van der Waals surface area contributed by atoms with E-state index >= 15 is 0 Å². The molecule has 0 bridgehead atoms. The summed E-state index contributed by atoms with van der Waals surface area (Å²) in [5, 5.41) is 0.618. The summed E-state index contributed by atoms with van der Waals surface area (Å²) in [7, 11) is 0. The zero-order chi connectivity index (χ0) is 15.5. The first-order chi connectivity index (χ1) is 10.2. The lowest BCUT2D eigenvalue weighted by Crippen LogP contribution is -2.07. The maximum absolute atomic E-state index is 11.2. The molecule has 1 rings (SSSR count).